The van der Waals surface area contributed by atoms with E-state index in [1.165, 1.54) is 6.20 Å². The van der Waals surface area contributed by atoms with Crippen molar-refractivity contribution in [3.8, 4) is 0 Å². The lowest BCUT2D eigenvalue weighted by Gasteiger charge is -2.36. The molecule has 12 heteroatoms. The molecule has 5 rings (SSSR count). The summed E-state index contributed by atoms with van der Waals surface area (Å²) < 4.78 is 25.6. The number of aliphatic imine (C=N–C) groups is 1. The first kappa shape index (κ1) is 22.2. The van der Waals surface area contributed by atoms with Gasteiger partial charge in [0.1, 0.15) is 5.82 Å². The second-order valence-electron chi connectivity index (χ2n) is 8.64. The standard InChI is InChI=1S/C22H27FN8O3/c1-22(2)20(32)29-19-15(34-22)4-5-16(28-19)27-18-14(23)12-25-21(30-18)26-13-3-6-17(24-11-13)31-7-9-33-10-8-31/h3-6,11-12,16,18,27-28H,7-10H2,1-2H3,(H,29,32)(H2,25,26,30). The molecule has 1 fully saturated rings. The molecule has 11 nitrogen and oxygen atoms in total. The molecule has 1 amide bonds. The Morgan fingerprint density at radius 1 is 1.26 bits per heavy atom. The van der Waals surface area contributed by atoms with Gasteiger partial charge in [-0.1, -0.05) is 0 Å². The van der Waals surface area contributed by atoms with Gasteiger partial charge in [-0.2, -0.15) is 0 Å². The lowest BCUT2D eigenvalue weighted by Crippen LogP contribution is -2.56. The summed E-state index contributed by atoms with van der Waals surface area (Å²) in [5.41, 5.74) is -0.248. The molecule has 5 N–H and O–H groups in total. The number of hydrogen-bond acceptors (Lipinski definition) is 10. The van der Waals surface area contributed by atoms with Crippen molar-refractivity contribution in [1.82, 2.24) is 26.3 Å². The highest BCUT2D eigenvalue weighted by Crippen LogP contribution is 2.25. The minimum absolute atomic E-state index is 0.265. The third kappa shape index (κ3) is 4.68. The maximum absolute atomic E-state index is 14.5. The van der Waals surface area contributed by atoms with E-state index in [1.54, 1.807) is 32.2 Å². The summed E-state index contributed by atoms with van der Waals surface area (Å²) in [6.45, 7) is 6.37. The second-order valence-corrected chi connectivity index (χ2v) is 8.64. The molecule has 0 bridgehead atoms. The van der Waals surface area contributed by atoms with Gasteiger partial charge in [0.25, 0.3) is 5.91 Å². The number of dihydropyridines is 1. The third-order valence-electron chi connectivity index (χ3n) is 5.69. The Bertz CT molecular complexity index is 1080. The van der Waals surface area contributed by atoms with Gasteiger partial charge in [0.05, 0.1) is 31.3 Å². The molecule has 0 spiro atoms. The van der Waals surface area contributed by atoms with E-state index in [0.29, 0.717) is 36.4 Å². The first-order valence-corrected chi connectivity index (χ1v) is 11.1. The van der Waals surface area contributed by atoms with Crippen LogP contribution in [0.25, 0.3) is 0 Å². The number of ether oxygens (including phenoxy) is 2. The number of aromatic nitrogens is 1. The molecule has 4 aliphatic heterocycles. The molecule has 180 valence electrons. The molecule has 2 atom stereocenters. The summed E-state index contributed by atoms with van der Waals surface area (Å²) in [5, 5.41) is 14.9. The van der Waals surface area contributed by atoms with Gasteiger partial charge in [0.2, 0.25) is 5.96 Å². The van der Waals surface area contributed by atoms with Crippen molar-refractivity contribution in [2.45, 2.75) is 31.8 Å². The Labute approximate surface area is 196 Å². The van der Waals surface area contributed by atoms with Crippen LogP contribution in [0.15, 0.2) is 59.1 Å². The van der Waals surface area contributed by atoms with Crippen LogP contribution in [0.1, 0.15) is 13.8 Å². The van der Waals surface area contributed by atoms with Gasteiger partial charge >= 0.3 is 0 Å². The fourth-order valence-corrected chi connectivity index (χ4v) is 3.78. The number of guanidine groups is 1. The second kappa shape index (κ2) is 8.95. The highest BCUT2D eigenvalue weighted by atomic mass is 19.1. The van der Waals surface area contributed by atoms with Crippen LogP contribution in [-0.4, -0.2) is 61.1 Å². The highest BCUT2D eigenvalue weighted by molar-refractivity contribution is 5.95. The number of halogens is 1. The highest BCUT2D eigenvalue weighted by Gasteiger charge is 2.38. The minimum Gasteiger partial charge on any atom is -0.474 e. The van der Waals surface area contributed by atoms with Crippen molar-refractivity contribution >= 4 is 23.4 Å². The SMILES string of the molecule is CC1(C)OC2=C(NC1=O)NC(NC1N=C(Nc3ccc(N4CCOCC4)nc3)NC=C1F)C=C2. The van der Waals surface area contributed by atoms with E-state index in [-0.39, 0.29) is 5.91 Å². The number of rotatable bonds is 4. The van der Waals surface area contributed by atoms with Crippen LogP contribution in [0.4, 0.5) is 15.9 Å². The Kier molecular flexibility index (Phi) is 5.84. The molecule has 0 aliphatic carbocycles. The van der Waals surface area contributed by atoms with Gasteiger partial charge in [-0.05, 0) is 38.1 Å². The molecule has 0 radical (unpaired) electrons. The fraction of sp³-hybridized carbons (Fsp3) is 0.409. The molecule has 0 saturated carbocycles. The molecular weight excluding hydrogens is 443 g/mol. The first-order valence-electron chi connectivity index (χ1n) is 11.1. The molecular formula is C22H27FN8O3. The topological polar surface area (TPSA) is 124 Å². The number of carbonyl (C=O) groups is 1. The van der Waals surface area contributed by atoms with Crippen LogP contribution < -0.4 is 31.5 Å². The number of carbonyl (C=O) groups excluding carboxylic acids is 1. The summed E-state index contributed by atoms with van der Waals surface area (Å²) >= 11 is 0. The molecule has 34 heavy (non-hydrogen) atoms. The van der Waals surface area contributed by atoms with Gasteiger partial charge in [-0.3, -0.25) is 10.1 Å². The number of allylic oxidation sites excluding steroid dienone is 1. The third-order valence-corrected chi connectivity index (χ3v) is 5.69. The van der Waals surface area contributed by atoms with E-state index in [1.807, 2.05) is 12.1 Å². The Morgan fingerprint density at radius 2 is 2.09 bits per heavy atom. The lowest BCUT2D eigenvalue weighted by molar-refractivity contribution is -0.140. The predicted octanol–water partition coefficient (Wildman–Crippen LogP) is 0.596. The van der Waals surface area contributed by atoms with E-state index in [2.05, 4.69) is 41.5 Å². The Hall–Kier alpha value is -3.64. The van der Waals surface area contributed by atoms with E-state index < -0.39 is 23.8 Å². The van der Waals surface area contributed by atoms with E-state index >= 15 is 0 Å². The predicted molar refractivity (Wildman–Crippen MR) is 124 cm³/mol. The maximum atomic E-state index is 14.5. The number of pyridine rings is 1. The van der Waals surface area contributed by atoms with Crippen LogP contribution in [0, 0.1) is 0 Å². The number of anilines is 2. The van der Waals surface area contributed by atoms with Gasteiger partial charge in [0.15, 0.2) is 29.2 Å². The average molecular weight is 471 g/mol. The molecule has 2 unspecified atom stereocenters. The smallest absolute Gasteiger partial charge is 0.269 e. The normalized spacial score (nSPS) is 25.7. The minimum atomic E-state index is -0.963. The summed E-state index contributed by atoms with van der Waals surface area (Å²) in [4.78, 5) is 23.2. The number of nitrogens with one attached hydrogen (secondary N) is 5. The average Bonchev–Trinajstić information content (AvgIpc) is 2.83. The van der Waals surface area contributed by atoms with Crippen LogP contribution in [0.3, 0.4) is 0 Å². The van der Waals surface area contributed by atoms with Crippen molar-refractivity contribution < 1.29 is 18.7 Å². The zero-order valence-electron chi connectivity index (χ0n) is 18.9. The van der Waals surface area contributed by atoms with Crippen molar-refractivity contribution in [3.05, 3.63) is 54.1 Å². The van der Waals surface area contributed by atoms with E-state index in [4.69, 9.17) is 9.47 Å². The zero-order chi connectivity index (χ0) is 23.7. The molecule has 1 aromatic heterocycles. The molecule has 1 aromatic rings. The van der Waals surface area contributed by atoms with Crippen LogP contribution in [0.5, 0.6) is 0 Å². The first-order chi connectivity index (χ1) is 16.4. The molecule has 5 heterocycles. The summed E-state index contributed by atoms with van der Waals surface area (Å²) in [7, 11) is 0. The Balaban J connectivity index is 1.21. The summed E-state index contributed by atoms with van der Waals surface area (Å²) in [6.07, 6.45) is 5.04. The van der Waals surface area contributed by atoms with E-state index in [9.17, 15) is 9.18 Å². The van der Waals surface area contributed by atoms with Crippen molar-refractivity contribution in [2.75, 3.05) is 36.5 Å². The zero-order valence-corrected chi connectivity index (χ0v) is 18.9. The van der Waals surface area contributed by atoms with Crippen LogP contribution >= 0.6 is 0 Å². The summed E-state index contributed by atoms with van der Waals surface area (Å²) in [5.74, 6) is 1.45. The maximum Gasteiger partial charge on any atom is 0.269 e. The van der Waals surface area contributed by atoms with Gasteiger partial charge in [0, 0.05) is 19.3 Å². The summed E-state index contributed by atoms with van der Waals surface area (Å²) in [6, 6.07) is 3.82. The number of nitrogens with zero attached hydrogens (tertiary/aromatic N) is 3. The number of amides is 1. The van der Waals surface area contributed by atoms with Gasteiger partial charge in [-0.15, -0.1) is 0 Å². The molecule has 4 aliphatic rings. The molecule has 1 saturated heterocycles. The van der Waals surface area contributed by atoms with Crippen molar-refractivity contribution in [2.24, 2.45) is 4.99 Å². The van der Waals surface area contributed by atoms with Crippen molar-refractivity contribution in [1.29, 1.82) is 0 Å². The van der Waals surface area contributed by atoms with Gasteiger partial charge in [-0.25, -0.2) is 14.4 Å². The number of hydrogen-bond donors (Lipinski definition) is 5. The quantitative estimate of drug-likeness (QED) is 0.430. The largest absolute Gasteiger partial charge is 0.474 e. The van der Waals surface area contributed by atoms with Crippen LogP contribution in [-0.2, 0) is 14.3 Å². The van der Waals surface area contributed by atoms with E-state index in [0.717, 1.165) is 18.9 Å². The number of morpholine rings is 1. The monoisotopic (exact) mass is 470 g/mol. The van der Waals surface area contributed by atoms with Gasteiger partial charge < -0.3 is 35.6 Å². The Morgan fingerprint density at radius 3 is 2.85 bits per heavy atom. The van der Waals surface area contributed by atoms with Crippen LogP contribution in [0.2, 0.25) is 0 Å². The van der Waals surface area contributed by atoms with Crippen molar-refractivity contribution in [3.63, 3.8) is 0 Å². The molecule has 0 aromatic carbocycles. The lowest BCUT2D eigenvalue weighted by atomic mass is 10.1. The fourth-order valence-electron chi connectivity index (χ4n) is 3.78.